The fraction of sp³-hybridized carbons (Fsp3) is 0.136. The number of halogens is 2. The summed E-state index contributed by atoms with van der Waals surface area (Å²) in [6, 6.07) is 13.1. The molecule has 8 heteroatoms. The van der Waals surface area contributed by atoms with E-state index in [1.165, 1.54) is 12.3 Å². The first kappa shape index (κ1) is 19.3. The molecule has 0 saturated heterocycles. The van der Waals surface area contributed by atoms with Gasteiger partial charge in [0.2, 0.25) is 5.69 Å². The average Bonchev–Trinajstić information content (AvgIpc) is 3.11. The van der Waals surface area contributed by atoms with Gasteiger partial charge in [-0.05, 0) is 41.5 Å². The molecule has 30 heavy (non-hydrogen) atoms. The number of methoxy groups -OCH3 is 1. The van der Waals surface area contributed by atoms with E-state index >= 15 is 0 Å². The molecule has 0 aliphatic carbocycles. The minimum absolute atomic E-state index is 0.244. The molecule has 0 aliphatic heterocycles. The molecule has 2 heterocycles. The van der Waals surface area contributed by atoms with Gasteiger partial charge in [0, 0.05) is 12.7 Å². The topological polar surface area (TPSA) is 56.3 Å². The summed E-state index contributed by atoms with van der Waals surface area (Å²) in [6.45, 7) is 7.96. The van der Waals surface area contributed by atoms with E-state index in [2.05, 4.69) is 20.2 Å². The Morgan fingerprint density at radius 2 is 1.83 bits per heavy atom. The first-order valence-corrected chi connectivity index (χ1v) is 9.12. The highest BCUT2D eigenvalue weighted by Crippen LogP contribution is 2.27. The van der Waals surface area contributed by atoms with Crippen molar-refractivity contribution < 1.29 is 13.5 Å². The molecule has 4 aromatic rings. The third-order valence-corrected chi connectivity index (χ3v) is 4.64. The maximum Gasteiger partial charge on any atom is 0.205 e. The summed E-state index contributed by atoms with van der Waals surface area (Å²) in [5.41, 5.74) is 2.58. The molecule has 0 aliphatic rings. The van der Waals surface area contributed by atoms with Crippen LogP contribution in [0.15, 0.2) is 54.7 Å². The highest BCUT2D eigenvalue weighted by atomic mass is 19.2. The zero-order valence-electron chi connectivity index (χ0n) is 16.1. The fourth-order valence-electron chi connectivity index (χ4n) is 3.09. The van der Waals surface area contributed by atoms with Crippen molar-refractivity contribution in [1.29, 1.82) is 0 Å². The van der Waals surface area contributed by atoms with Gasteiger partial charge in [0.1, 0.15) is 5.75 Å². The van der Waals surface area contributed by atoms with E-state index in [1.54, 1.807) is 17.9 Å². The summed E-state index contributed by atoms with van der Waals surface area (Å²) in [5, 5.41) is 8.42. The Hall–Kier alpha value is -3.99. The van der Waals surface area contributed by atoms with Crippen LogP contribution >= 0.6 is 0 Å². The average molecular weight is 405 g/mol. The van der Waals surface area contributed by atoms with Crippen LogP contribution in [0.1, 0.15) is 11.1 Å². The molecule has 0 spiro atoms. The zero-order valence-corrected chi connectivity index (χ0v) is 16.1. The van der Waals surface area contributed by atoms with Gasteiger partial charge in [-0.25, -0.2) is 23.3 Å². The van der Waals surface area contributed by atoms with Crippen LogP contribution in [0.4, 0.5) is 20.3 Å². The summed E-state index contributed by atoms with van der Waals surface area (Å²) < 4.78 is 33.6. The van der Waals surface area contributed by atoms with Crippen LogP contribution in [-0.4, -0.2) is 21.9 Å². The van der Waals surface area contributed by atoms with E-state index in [0.717, 1.165) is 23.4 Å². The van der Waals surface area contributed by atoms with Crippen LogP contribution in [0.3, 0.4) is 0 Å². The molecule has 0 amide bonds. The maximum atomic E-state index is 13.5. The standard InChI is InChI=1S/C22H17F2N5O/c1-25-16-10-18-21(26-11-15-5-8-19(23)20(24)9-15)28-29(22(18)27-12-16)13-14-3-6-17(30-2)7-4-14/h3-10,12H,11,13H2,2H3,(H,26,28). The number of nitrogens with zero attached hydrogens (tertiary/aromatic N) is 4. The SMILES string of the molecule is [C-]#[N+]c1cnc2c(c1)c(NCc1ccc(F)c(F)c1)nn2Cc1ccc(OC)cc1. The van der Waals surface area contributed by atoms with Crippen LogP contribution in [0.5, 0.6) is 5.75 Å². The Kier molecular flexibility index (Phi) is 5.26. The number of anilines is 1. The van der Waals surface area contributed by atoms with Gasteiger partial charge >= 0.3 is 0 Å². The summed E-state index contributed by atoms with van der Waals surface area (Å²) in [7, 11) is 1.61. The lowest BCUT2D eigenvalue weighted by atomic mass is 10.2. The van der Waals surface area contributed by atoms with Crippen molar-refractivity contribution in [3.8, 4) is 5.75 Å². The van der Waals surface area contributed by atoms with Gasteiger partial charge in [0.25, 0.3) is 0 Å². The third-order valence-electron chi connectivity index (χ3n) is 4.64. The van der Waals surface area contributed by atoms with Gasteiger partial charge in [-0.3, -0.25) is 0 Å². The molecule has 0 fully saturated rings. The number of nitrogens with one attached hydrogen (secondary N) is 1. The second-order valence-electron chi connectivity index (χ2n) is 6.63. The number of ether oxygens (including phenoxy) is 1. The Bertz CT molecular complexity index is 1250. The van der Waals surface area contributed by atoms with Crippen LogP contribution < -0.4 is 10.1 Å². The van der Waals surface area contributed by atoms with Crippen LogP contribution in [0, 0.1) is 18.2 Å². The minimum atomic E-state index is -0.902. The lowest BCUT2D eigenvalue weighted by Gasteiger charge is -2.05. The van der Waals surface area contributed by atoms with Crippen molar-refractivity contribution in [1.82, 2.24) is 14.8 Å². The van der Waals surface area contributed by atoms with Crippen LogP contribution in [0.25, 0.3) is 15.9 Å². The fourth-order valence-corrected chi connectivity index (χ4v) is 3.09. The van der Waals surface area contributed by atoms with Crippen molar-refractivity contribution in [2.24, 2.45) is 0 Å². The molecule has 4 rings (SSSR count). The van der Waals surface area contributed by atoms with Gasteiger partial charge in [0.05, 0.1) is 25.6 Å². The predicted octanol–water partition coefficient (Wildman–Crippen LogP) is 4.93. The Morgan fingerprint density at radius 3 is 2.53 bits per heavy atom. The largest absolute Gasteiger partial charge is 0.497 e. The van der Waals surface area contributed by atoms with Gasteiger partial charge in [-0.1, -0.05) is 18.2 Å². The van der Waals surface area contributed by atoms with Crippen LogP contribution in [-0.2, 0) is 13.1 Å². The van der Waals surface area contributed by atoms with E-state index in [0.29, 0.717) is 34.6 Å². The van der Waals surface area contributed by atoms with Gasteiger partial charge in [-0.15, -0.1) is 0 Å². The molecule has 150 valence electrons. The molecule has 2 aromatic heterocycles. The molecular weight excluding hydrogens is 388 g/mol. The van der Waals surface area contributed by atoms with E-state index in [-0.39, 0.29) is 6.54 Å². The minimum Gasteiger partial charge on any atom is -0.497 e. The number of hydrogen-bond donors (Lipinski definition) is 1. The smallest absolute Gasteiger partial charge is 0.205 e. The lowest BCUT2D eigenvalue weighted by molar-refractivity contribution is 0.414. The summed E-state index contributed by atoms with van der Waals surface area (Å²) in [4.78, 5) is 7.83. The van der Waals surface area contributed by atoms with E-state index < -0.39 is 11.6 Å². The first-order valence-electron chi connectivity index (χ1n) is 9.12. The van der Waals surface area contributed by atoms with Crippen LogP contribution in [0.2, 0.25) is 0 Å². The molecular formula is C22H17F2N5O. The molecule has 1 N–H and O–H groups in total. The summed E-state index contributed by atoms with van der Waals surface area (Å²) >= 11 is 0. The molecule has 0 atom stereocenters. The van der Waals surface area contributed by atoms with Crippen molar-refractivity contribution in [3.05, 3.63) is 88.9 Å². The highest BCUT2D eigenvalue weighted by molar-refractivity contribution is 5.90. The number of benzene rings is 2. The van der Waals surface area contributed by atoms with Gasteiger partial charge in [-0.2, -0.15) is 5.10 Å². The van der Waals surface area contributed by atoms with Crippen molar-refractivity contribution in [2.75, 3.05) is 12.4 Å². The molecule has 0 saturated carbocycles. The Morgan fingerprint density at radius 1 is 1.07 bits per heavy atom. The molecule has 6 nitrogen and oxygen atoms in total. The summed E-state index contributed by atoms with van der Waals surface area (Å²) in [6.07, 6.45) is 1.50. The van der Waals surface area contributed by atoms with Crippen molar-refractivity contribution >= 4 is 22.5 Å². The quantitative estimate of drug-likeness (QED) is 0.462. The van der Waals surface area contributed by atoms with Crippen molar-refractivity contribution in [3.63, 3.8) is 0 Å². The first-order chi connectivity index (χ1) is 14.6. The molecule has 0 bridgehead atoms. The Balaban J connectivity index is 1.65. The highest BCUT2D eigenvalue weighted by Gasteiger charge is 2.14. The van der Waals surface area contributed by atoms with Gasteiger partial charge in [0.15, 0.2) is 23.1 Å². The second-order valence-corrected chi connectivity index (χ2v) is 6.63. The molecule has 0 unspecified atom stereocenters. The lowest BCUT2D eigenvalue weighted by Crippen LogP contribution is -2.05. The maximum absolute atomic E-state index is 13.5. The third kappa shape index (κ3) is 3.91. The van der Waals surface area contributed by atoms with E-state index in [9.17, 15) is 8.78 Å². The number of hydrogen-bond acceptors (Lipinski definition) is 4. The molecule has 0 radical (unpaired) electrons. The number of fused-ring (bicyclic) bond motifs is 1. The van der Waals surface area contributed by atoms with Gasteiger partial charge < -0.3 is 10.1 Å². The van der Waals surface area contributed by atoms with E-state index in [1.807, 2.05) is 24.3 Å². The zero-order chi connectivity index (χ0) is 21.1. The number of pyridine rings is 1. The monoisotopic (exact) mass is 405 g/mol. The Labute approximate surface area is 171 Å². The molecule has 2 aromatic carbocycles. The normalized spacial score (nSPS) is 10.7. The predicted molar refractivity (Wildman–Crippen MR) is 110 cm³/mol. The van der Waals surface area contributed by atoms with E-state index in [4.69, 9.17) is 11.3 Å². The number of rotatable bonds is 6. The summed E-state index contributed by atoms with van der Waals surface area (Å²) in [5.74, 6) is -0.515. The van der Waals surface area contributed by atoms with Crippen molar-refractivity contribution in [2.45, 2.75) is 13.1 Å². The second kappa shape index (κ2) is 8.17. The number of aromatic nitrogens is 3.